The molecule has 0 saturated heterocycles. The predicted octanol–water partition coefficient (Wildman–Crippen LogP) is 2.96. The predicted molar refractivity (Wildman–Crippen MR) is 108 cm³/mol. The normalized spacial score (nSPS) is 10.7. The summed E-state index contributed by atoms with van der Waals surface area (Å²) in [5.41, 5.74) is 7.98. The minimum atomic E-state index is -0.366. The van der Waals surface area contributed by atoms with Crippen molar-refractivity contribution in [2.45, 2.75) is 6.61 Å². The average Bonchev–Trinajstić information content (AvgIpc) is 2.57. The number of nitrogens with one attached hydrogen (secondary N) is 2. The van der Waals surface area contributed by atoms with Crippen molar-refractivity contribution in [1.82, 2.24) is 0 Å². The molecule has 0 spiro atoms. The van der Waals surface area contributed by atoms with Gasteiger partial charge < -0.3 is 21.1 Å². The molecule has 25 heavy (non-hydrogen) atoms. The second-order valence-electron chi connectivity index (χ2n) is 4.97. The van der Waals surface area contributed by atoms with Crippen molar-refractivity contribution in [3.05, 3.63) is 59.9 Å². The van der Waals surface area contributed by atoms with Crippen LogP contribution >= 0.6 is 24.0 Å². The number of benzene rings is 2. The van der Waals surface area contributed by atoms with Gasteiger partial charge in [-0.3, -0.25) is 4.79 Å². The fourth-order valence-corrected chi connectivity index (χ4v) is 1.99. The van der Waals surface area contributed by atoms with E-state index in [0.29, 0.717) is 12.3 Å². The first-order chi connectivity index (χ1) is 11.6. The highest BCUT2D eigenvalue weighted by Crippen LogP contribution is 2.15. The lowest BCUT2D eigenvalue weighted by molar-refractivity contribution is -0.114. The average molecular weight is 458 g/mol. The summed E-state index contributed by atoms with van der Waals surface area (Å²) in [6.45, 7) is 0.282. The van der Waals surface area contributed by atoms with E-state index in [2.05, 4.69) is 15.6 Å². The summed E-state index contributed by atoms with van der Waals surface area (Å²) < 4.78 is 17.9. The number of guanidine groups is 1. The maximum atomic E-state index is 12.8. The first-order valence-electron chi connectivity index (χ1n) is 7.27. The number of para-hydroxylation sites is 1. The molecule has 4 N–H and O–H groups in total. The number of carbonyl (C=O) groups is 1. The first kappa shape index (κ1) is 20.8. The van der Waals surface area contributed by atoms with Gasteiger partial charge in [0, 0.05) is 24.0 Å². The van der Waals surface area contributed by atoms with Crippen LogP contribution in [0.15, 0.2) is 53.5 Å². The molecule has 2 aromatic carbocycles. The number of hydrogen-bond donors (Lipinski definition) is 3. The molecule has 0 aliphatic rings. The molecule has 0 unspecified atom stereocenters. The fraction of sp³-hybridized carbons (Fsp3) is 0.176. The van der Waals surface area contributed by atoms with E-state index in [0.717, 1.165) is 11.3 Å². The molecule has 134 valence electrons. The molecule has 0 bridgehead atoms. The van der Waals surface area contributed by atoms with Crippen molar-refractivity contribution in [2.24, 2.45) is 10.7 Å². The van der Waals surface area contributed by atoms with Crippen LogP contribution < -0.4 is 16.4 Å². The number of ether oxygens (including phenoxy) is 1. The standard InChI is InChI=1S/C17H19FN4O2.HI/c1-24-11-12-4-2-3-5-15(12)22-17(19)20-10-16(23)21-14-8-6-13(18)7-9-14;/h2-9H,10-11H2,1H3,(H,21,23)(H3,19,20,22);1H. The summed E-state index contributed by atoms with van der Waals surface area (Å²) in [7, 11) is 1.61. The topological polar surface area (TPSA) is 88.7 Å². The third kappa shape index (κ3) is 7.06. The van der Waals surface area contributed by atoms with E-state index in [9.17, 15) is 9.18 Å². The highest BCUT2D eigenvalue weighted by atomic mass is 127. The van der Waals surface area contributed by atoms with Gasteiger partial charge in [0.05, 0.1) is 6.61 Å². The Balaban J connectivity index is 0.00000312. The lowest BCUT2D eigenvalue weighted by atomic mass is 10.2. The van der Waals surface area contributed by atoms with Gasteiger partial charge in [-0.05, 0) is 30.3 Å². The van der Waals surface area contributed by atoms with E-state index in [4.69, 9.17) is 10.5 Å². The monoisotopic (exact) mass is 458 g/mol. The van der Waals surface area contributed by atoms with Crippen LogP contribution in [0, 0.1) is 5.82 Å². The Kier molecular flexibility index (Phi) is 8.86. The maximum absolute atomic E-state index is 12.8. The van der Waals surface area contributed by atoms with Gasteiger partial charge in [-0.2, -0.15) is 0 Å². The summed E-state index contributed by atoms with van der Waals surface area (Å²) in [6, 6.07) is 13.0. The molecule has 2 aromatic rings. The van der Waals surface area contributed by atoms with Gasteiger partial charge in [0.2, 0.25) is 5.91 Å². The van der Waals surface area contributed by atoms with Crippen LogP contribution in [0.25, 0.3) is 0 Å². The summed E-state index contributed by atoms with van der Waals surface area (Å²) >= 11 is 0. The summed E-state index contributed by atoms with van der Waals surface area (Å²) in [5.74, 6) is -0.599. The van der Waals surface area contributed by atoms with E-state index in [1.165, 1.54) is 24.3 Å². The molecule has 0 atom stereocenters. The second-order valence-corrected chi connectivity index (χ2v) is 4.97. The number of carbonyl (C=O) groups excluding carboxylic acids is 1. The maximum Gasteiger partial charge on any atom is 0.246 e. The zero-order valence-electron chi connectivity index (χ0n) is 13.7. The van der Waals surface area contributed by atoms with Crippen molar-refractivity contribution in [3.63, 3.8) is 0 Å². The lowest BCUT2D eigenvalue weighted by Gasteiger charge is -2.10. The van der Waals surface area contributed by atoms with E-state index < -0.39 is 0 Å². The molecule has 6 nitrogen and oxygen atoms in total. The third-order valence-corrected chi connectivity index (χ3v) is 3.10. The van der Waals surface area contributed by atoms with E-state index in [-0.39, 0.29) is 48.2 Å². The number of anilines is 2. The molecular weight excluding hydrogens is 438 g/mol. The Morgan fingerprint density at radius 3 is 2.52 bits per heavy atom. The number of amides is 1. The molecule has 0 heterocycles. The first-order valence-corrected chi connectivity index (χ1v) is 7.27. The molecule has 2 rings (SSSR count). The number of halogens is 2. The van der Waals surface area contributed by atoms with Crippen LogP contribution in [0.3, 0.4) is 0 Å². The second kappa shape index (κ2) is 10.6. The largest absolute Gasteiger partial charge is 0.380 e. The molecule has 0 aliphatic heterocycles. The van der Waals surface area contributed by atoms with Gasteiger partial charge >= 0.3 is 0 Å². The molecule has 0 aliphatic carbocycles. The number of nitrogens with two attached hydrogens (primary N) is 1. The van der Waals surface area contributed by atoms with Crippen molar-refractivity contribution in [1.29, 1.82) is 0 Å². The minimum Gasteiger partial charge on any atom is -0.380 e. The van der Waals surface area contributed by atoms with Gasteiger partial charge in [-0.1, -0.05) is 18.2 Å². The van der Waals surface area contributed by atoms with Gasteiger partial charge in [0.25, 0.3) is 0 Å². The Bertz CT molecular complexity index is 723. The Morgan fingerprint density at radius 2 is 1.84 bits per heavy atom. The van der Waals surface area contributed by atoms with Crippen LogP contribution in [-0.4, -0.2) is 25.5 Å². The zero-order valence-corrected chi connectivity index (χ0v) is 16.0. The molecule has 1 amide bonds. The molecule has 0 saturated carbocycles. The SMILES string of the molecule is COCc1ccccc1NC(N)=NCC(=O)Nc1ccc(F)cc1.I. The molecule has 0 radical (unpaired) electrons. The number of hydrogen-bond acceptors (Lipinski definition) is 3. The minimum absolute atomic E-state index is 0. The number of nitrogens with zero attached hydrogens (tertiary/aromatic N) is 1. The van der Waals surface area contributed by atoms with Crippen LogP contribution in [-0.2, 0) is 16.1 Å². The van der Waals surface area contributed by atoms with Crippen LogP contribution in [0.5, 0.6) is 0 Å². The van der Waals surface area contributed by atoms with E-state index in [1.807, 2.05) is 24.3 Å². The van der Waals surface area contributed by atoms with Crippen LogP contribution in [0.4, 0.5) is 15.8 Å². The van der Waals surface area contributed by atoms with E-state index in [1.54, 1.807) is 7.11 Å². The number of rotatable bonds is 6. The van der Waals surface area contributed by atoms with Crippen LogP contribution in [0.1, 0.15) is 5.56 Å². The smallest absolute Gasteiger partial charge is 0.246 e. The van der Waals surface area contributed by atoms with Gasteiger partial charge in [0.15, 0.2) is 5.96 Å². The third-order valence-electron chi connectivity index (χ3n) is 3.10. The fourth-order valence-electron chi connectivity index (χ4n) is 1.99. The molecular formula is C17H20FIN4O2. The van der Waals surface area contributed by atoms with Crippen molar-refractivity contribution < 1.29 is 13.9 Å². The Hall–Kier alpha value is -2.20. The summed E-state index contributed by atoms with van der Waals surface area (Å²) in [4.78, 5) is 15.8. The highest BCUT2D eigenvalue weighted by molar-refractivity contribution is 14.0. The Morgan fingerprint density at radius 1 is 1.16 bits per heavy atom. The summed E-state index contributed by atoms with van der Waals surface area (Å²) in [5, 5.41) is 5.54. The Labute approximate surface area is 162 Å². The number of methoxy groups -OCH3 is 1. The van der Waals surface area contributed by atoms with Gasteiger partial charge in [-0.25, -0.2) is 9.38 Å². The molecule has 0 aromatic heterocycles. The van der Waals surface area contributed by atoms with E-state index >= 15 is 0 Å². The zero-order chi connectivity index (χ0) is 17.4. The highest BCUT2D eigenvalue weighted by Gasteiger charge is 2.04. The summed E-state index contributed by atoms with van der Waals surface area (Å²) in [6.07, 6.45) is 0. The molecule has 0 fully saturated rings. The van der Waals surface area contributed by atoms with Gasteiger partial charge in [0.1, 0.15) is 12.4 Å². The van der Waals surface area contributed by atoms with Crippen molar-refractivity contribution in [2.75, 3.05) is 24.3 Å². The molecule has 8 heteroatoms. The van der Waals surface area contributed by atoms with Gasteiger partial charge in [-0.15, -0.1) is 24.0 Å². The van der Waals surface area contributed by atoms with Crippen molar-refractivity contribution in [3.8, 4) is 0 Å². The van der Waals surface area contributed by atoms with Crippen LogP contribution in [0.2, 0.25) is 0 Å². The quantitative estimate of drug-likeness (QED) is 0.353. The number of aliphatic imine (C=N–C) groups is 1. The van der Waals surface area contributed by atoms with Crippen molar-refractivity contribution >= 4 is 47.2 Å². The lowest BCUT2D eigenvalue weighted by Crippen LogP contribution is -2.26.